The van der Waals surface area contributed by atoms with Crippen molar-refractivity contribution in [2.75, 3.05) is 37.6 Å². The van der Waals surface area contributed by atoms with Gasteiger partial charge in [0.05, 0.1) is 6.20 Å². The second-order valence-corrected chi connectivity index (χ2v) is 8.45. The topological polar surface area (TPSA) is 57.2 Å². The zero-order valence-corrected chi connectivity index (χ0v) is 18.3. The second-order valence-electron chi connectivity index (χ2n) is 8.45. The van der Waals surface area contributed by atoms with Crippen LogP contribution in [0.15, 0.2) is 78.1 Å². The molecule has 0 bridgehead atoms. The van der Waals surface area contributed by atoms with Gasteiger partial charge in [-0.25, -0.2) is 0 Å². The molecule has 2 aromatic carbocycles. The molecule has 0 aliphatic carbocycles. The standard InChI is InChI=1S/C26H29N5O/c32-26-20-27-12-14-31(26)23-10-8-22(9-11-23)30-17-15-29(16-18-30)13-4-3-5-21-19-28-25-7-2-1-6-24(21)25/h1-2,6-12,14,19-20,28H,3-5,13,15-18H2. The molecule has 6 heteroatoms. The molecule has 0 atom stereocenters. The maximum absolute atomic E-state index is 12.0. The number of hydrogen-bond donors (Lipinski definition) is 1. The number of para-hydroxylation sites is 1. The highest BCUT2D eigenvalue weighted by Gasteiger charge is 2.17. The van der Waals surface area contributed by atoms with Crippen LogP contribution in [0.2, 0.25) is 0 Å². The fraction of sp³-hybridized carbons (Fsp3) is 0.308. The van der Waals surface area contributed by atoms with Crippen LogP contribution in [0.25, 0.3) is 16.6 Å². The van der Waals surface area contributed by atoms with Gasteiger partial charge < -0.3 is 9.88 Å². The summed E-state index contributed by atoms with van der Waals surface area (Å²) in [5, 5.41) is 1.36. The number of piperazine rings is 1. The molecule has 164 valence electrons. The minimum Gasteiger partial charge on any atom is -0.369 e. The van der Waals surface area contributed by atoms with E-state index in [1.165, 1.54) is 47.7 Å². The van der Waals surface area contributed by atoms with Crippen molar-refractivity contribution in [3.05, 3.63) is 89.2 Å². The number of unbranched alkanes of at least 4 members (excludes halogenated alkanes) is 1. The number of aryl methyl sites for hydroxylation is 1. The van der Waals surface area contributed by atoms with Gasteiger partial charge in [0.15, 0.2) is 0 Å². The van der Waals surface area contributed by atoms with Crippen molar-refractivity contribution in [3.8, 4) is 5.69 Å². The molecule has 0 radical (unpaired) electrons. The first-order valence-corrected chi connectivity index (χ1v) is 11.4. The highest BCUT2D eigenvalue weighted by Crippen LogP contribution is 2.21. The largest absolute Gasteiger partial charge is 0.369 e. The number of nitrogens with one attached hydrogen (secondary N) is 1. The van der Waals surface area contributed by atoms with Gasteiger partial charge in [0, 0.05) is 67.0 Å². The Labute approximate surface area is 188 Å². The van der Waals surface area contributed by atoms with Crippen LogP contribution in [0, 0.1) is 0 Å². The molecule has 3 heterocycles. The van der Waals surface area contributed by atoms with Gasteiger partial charge in [-0.15, -0.1) is 0 Å². The van der Waals surface area contributed by atoms with E-state index in [-0.39, 0.29) is 5.56 Å². The molecule has 1 saturated heterocycles. The Morgan fingerprint density at radius 3 is 2.50 bits per heavy atom. The van der Waals surface area contributed by atoms with Crippen LogP contribution in [-0.4, -0.2) is 52.2 Å². The van der Waals surface area contributed by atoms with Crippen LogP contribution in [0.4, 0.5) is 5.69 Å². The lowest BCUT2D eigenvalue weighted by molar-refractivity contribution is 0.253. The summed E-state index contributed by atoms with van der Waals surface area (Å²) in [5.74, 6) is 0. The number of aromatic amines is 1. The molecular formula is C26H29N5O. The van der Waals surface area contributed by atoms with Crippen LogP contribution in [0.1, 0.15) is 18.4 Å². The van der Waals surface area contributed by atoms with Crippen molar-refractivity contribution in [1.82, 2.24) is 19.4 Å². The van der Waals surface area contributed by atoms with E-state index in [2.05, 4.69) is 62.4 Å². The highest BCUT2D eigenvalue weighted by molar-refractivity contribution is 5.82. The molecule has 0 saturated carbocycles. The molecule has 2 aromatic heterocycles. The summed E-state index contributed by atoms with van der Waals surface area (Å²) in [6, 6.07) is 16.8. The molecule has 5 rings (SSSR count). The first-order valence-electron chi connectivity index (χ1n) is 11.4. The van der Waals surface area contributed by atoms with Gasteiger partial charge in [0.25, 0.3) is 5.56 Å². The van der Waals surface area contributed by atoms with Crippen LogP contribution >= 0.6 is 0 Å². The van der Waals surface area contributed by atoms with Gasteiger partial charge in [-0.2, -0.15) is 0 Å². The first-order chi connectivity index (χ1) is 15.8. The van der Waals surface area contributed by atoms with Crippen molar-refractivity contribution in [1.29, 1.82) is 0 Å². The number of fused-ring (bicyclic) bond motifs is 1. The first kappa shape index (κ1) is 20.5. The van der Waals surface area contributed by atoms with Gasteiger partial charge in [-0.05, 0) is 61.7 Å². The Bertz CT molecular complexity index is 1220. The van der Waals surface area contributed by atoms with E-state index in [0.717, 1.165) is 38.3 Å². The zero-order valence-electron chi connectivity index (χ0n) is 18.3. The molecule has 6 nitrogen and oxygen atoms in total. The van der Waals surface area contributed by atoms with E-state index < -0.39 is 0 Å². The van der Waals surface area contributed by atoms with Crippen LogP contribution in [0.5, 0.6) is 0 Å². The predicted octanol–water partition coefficient (Wildman–Crippen LogP) is 3.86. The maximum atomic E-state index is 12.0. The second kappa shape index (κ2) is 9.40. The summed E-state index contributed by atoms with van der Waals surface area (Å²) in [6.07, 6.45) is 10.4. The minimum atomic E-state index is -0.112. The van der Waals surface area contributed by atoms with Gasteiger partial charge in [-0.3, -0.25) is 19.2 Å². The van der Waals surface area contributed by atoms with E-state index >= 15 is 0 Å². The number of anilines is 1. The Balaban J connectivity index is 1.08. The molecule has 0 spiro atoms. The fourth-order valence-corrected chi connectivity index (χ4v) is 4.60. The Morgan fingerprint density at radius 2 is 1.69 bits per heavy atom. The van der Waals surface area contributed by atoms with Crippen molar-refractivity contribution in [3.63, 3.8) is 0 Å². The quantitative estimate of drug-likeness (QED) is 0.455. The normalized spacial score (nSPS) is 14.8. The number of H-pyrrole nitrogens is 1. The molecule has 1 fully saturated rings. The van der Waals surface area contributed by atoms with Gasteiger partial charge in [-0.1, -0.05) is 18.2 Å². The Morgan fingerprint density at radius 1 is 0.906 bits per heavy atom. The number of benzene rings is 2. The zero-order chi connectivity index (χ0) is 21.8. The van der Waals surface area contributed by atoms with E-state index in [1.54, 1.807) is 17.0 Å². The molecule has 1 aliphatic rings. The van der Waals surface area contributed by atoms with Crippen LogP contribution < -0.4 is 10.5 Å². The van der Waals surface area contributed by atoms with Gasteiger partial charge in [0.1, 0.15) is 0 Å². The molecule has 0 amide bonds. The van der Waals surface area contributed by atoms with Gasteiger partial charge >= 0.3 is 0 Å². The third-order valence-corrected chi connectivity index (χ3v) is 6.43. The van der Waals surface area contributed by atoms with Crippen molar-refractivity contribution < 1.29 is 0 Å². The monoisotopic (exact) mass is 427 g/mol. The number of rotatable bonds is 7. The summed E-state index contributed by atoms with van der Waals surface area (Å²) in [7, 11) is 0. The number of nitrogens with zero attached hydrogens (tertiary/aromatic N) is 4. The van der Waals surface area contributed by atoms with E-state index in [9.17, 15) is 4.79 Å². The number of hydrogen-bond acceptors (Lipinski definition) is 4. The smallest absolute Gasteiger partial charge is 0.273 e. The van der Waals surface area contributed by atoms with Crippen molar-refractivity contribution in [2.45, 2.75) is 19.3 Å². The average molecular weight is 428 g/mol. The summed E-state index contributed by atoms with van der Waals surface area (Å²) in [6.45, 7) is 5.44. The van der Waals surface area contributed by atoms with Gasteiger partial charge in [0.2, 0.25) is 0 Å². The van der Waals surface area contributed by atoms with Crippen molar-refractivity contribution in [2.24, 2.45) is 0 Å². The lowest BCUT2D eigenvalue weighted by atomic mass is 10.1. The Kier molecular flexibility index (Phi) is 6.03. The highest BCUT2D eigenvalue weighted by atomic mass is 16.1. The summed E-state index contributed by atoms with van der Waals surface area (Å²) in [5.41, 5.74) is 4.64. The minimum absolute atomic E-state index is 0.112. The summed E-state index contributed by atoms with van der Waals surface area (Å²) >= 11 is 0. The van der Waals surface area contributed by atoms with E-state index in [0.29, 0.717) is 0 Å². The molecule has 1 N–H and O–H groups in total. The number of aromatic nitrogens is 3. The molecule has 4 aromatic rings. The SMILES string of the molecule is O=c1cnccn1-c1ccc(N2CCN(CCCCc3c[nH]c4ccccc34)CC2)cc1. The summed E-state index contributed by atoms with van der Waals surface area (Å²) < 4.78 is 1.62. The van der Waals surface area contributed by atoms with Crippen LogP contribution in [-0.2, 0) is 6.42 Å². The lowest BCUT2D eigenvalue weighted by Gasteiger charge is -2.36. The maximum Gasteiger partial charge on any atom is 0.273 e. The van der Waals surface area contributed by atoms with Crippen LogP contribution in [0.3, 0.4) is 0 Å². The Hall–Kier alpha value is -3.38. The molecule has 32 heavy (non-hydrogen) atoms. The van der Waals surface area contributed by atoms with E-state index in [4.69, 9.17) is 0 Å². The lowest BCUT2D eigenvalue weighted by Crippen LogP contribution is -2.46. The third kappa shape index (κ3) is 4.46. The van der Waals surface area contributed by atoms with E-state index in [1.807, 2.05) is 12.1 Å². The average Bonchev–Trinajstić information content (AvgIpc) is 3.26. The molecule has 1 aliphatic heterocycles. The molecule has 0 unspecified atom stereocenters. The van der Waals surface area contributed by atoms with Crippen molar-refractivity contribution >= 4 is 16.6 Å². The summed E-state index contributed by atoms with van der Waals surface area (Å²) in [4.78, 5) is 24.2. The molecular weight excluding hydrogens is 398 g/mol. The fourth-order valence-electron chi connectivity index (χ4n) is 4.60. The third-order valence-electron chi connectivity index (χ3n) is 6.43. The predicted molar refractivity (Wildman–Crippen MR) is 130 cm³/mol.